The maximum absolute atomic E-state index is 12.4. The van der Waals surface area contributed by atoms with E-state index in [1.54, 1.807) is 24.3 Å². The number of carbonyl (C=O) groups is 2. The summed E-state index contributed by atoms with van der Waals surface area (Å²) in [5, 5.41) is 0. The third-order valence-electron chi connectivity index (χ3n) is 8.67. The molecule has 1 aromatic rings. The summed E-state index contributed by atoms with van der Waals surface area (Å²) < 4.78 is 10.9. The molecule has 0 atom stereocenters. The molecule has 0 aliphatic carbocycles. The minimum atomic E-state index is -0.319. The van der Waals surface area contributed by atoms with Gasteiger partial charge in [-0.05, 0) is 48.9 Å². The number of esters is 2. The van der Waals surface area contributed by atoms with Crippen LogP contribution >= 0.6 is 0 Å². The van der Waals surface area contributed by atoms with E-state index < -0.39 is 0 Å². The lowest BCUT2D eigenvalue weighted by Gasteiger charge is -2.07. The van der Waals surface area contributed by atoms with Crippen molar-refractivity contribution in [3.05, 3.63) is 35.4 Å². The summed E-state index contributed by atoms with van der Waals surface area (Å²) in [7, 11) is 0. The highest BCUT2D eigenvalue weighted by molar-refractivity contribution is 5.93. The van der Waals surface area contributed by atoms with E-state index in [0.29, 0.717) is 24.3 Å². The first kappa shape index (κ1) is 40.2. The van der Waals surface area contributed by atoms with Gasteiger partial charge in [0, 0.05) is 0 Å². The Labute approximate surface area is 272 Å². The molecule has 0 N–H and O–H groups in total. The molecule has 0 aliphatic rings. The van der Waals surface area contributed by atoms with Crippen LogP contribution in [0.2, 0.25) is 0 Å². The lowest BCUT2D eigenvalue weighted by atomic mass is 10.0. The molecule has 0 aromatic heterocycles. The van der Waals surface area contributed by atoms with Crippen molar-refractivity contribution < 1.29 is 19.1 Å². The predicted molar refractivity (Wildman–Crippen MR) is 187 cm³/mol. The van der Waals surface area contributed by atoms with Crippen molar-refractivity contribution >= 4 is 11.9 Å². The molecule has 0 saturated carbocycles. The fourth-order valence-electron chi connectivity index (χ4n) is 5.73. The average molecular weight is 615 g/mol. The predicted octanol–water partition coefficient (Wildman–Crippen LogP) is 12.7. The minimum Gasteiger partial charge on any atom is -0.462 e. The summed E-state index contributed by atoms with van der Waals surface area (Å²) >= 11 is 0. The second-order valence-corrected chi connectivity index (χ2v) is 14.0. The number of benzene rings is 1. The van der Waals surface area contributed by atoms with Gasteiger partial charge in [-0.3, -0.25) is 0 Å². The number of ether oxygens (including phenoxy) is 2. The zero-order chi connectivity index (χ0) is 32.1. The van der Waals surface area contributed by atoms with Crippen LogP contribution in [0, 0.1) is 11.8 Å². The van der Waals surface area contributed by atoms with E-state index in [4.69, 9.17) is 9.47 Å². The Hall–Kier alpha value is -1.84. The number of carbonyl (C=O) groups excluding carboxylic acids is 2. The van der Waals surface area contributed by atoms with Crippen LogP contribution < -0.4 is 0 Å². The van der Waals surface area contributed by atoms with E-state index in [-0.39, 0.29) is 11.9 Å². The molecule has 0 radical (unpaired) electrons. The topological polar surface area (TPSA) is 52.6 Å². The van der Waals surface area contributed by atoms with Crippen LogP contribution in [0.5, 0.6) is 0 Å². The Morgan fingerprint density at radius 3 is 0.886 bits per heavy atom. The van der Waals surface area contributed by atoms with Gasteiger partial charge in [0.25, 0.3) is 0 Å². The van der Waals surface area contributed by atoms with Gasteiger partial charge in [-0.25, -0.2) is 9.59 Å². The third kappa shape index (κ3) is 24.5. The third-order valence-corrected chi connectivity index (χ3v) is 8.67. The first-order valence-electron chi connectivity index (χ1n) is 18.8. The normalized spacial score (nSPS) is 11.4. The van der Waals surface area contributed by atoms with Gasteiger partial charge in [0.05, 0.1) is 24.3 Å². The zero-order valence-corrected chi connectivity index (χ0v) is 29.5. The molecular weight excluding hydrogens is 544 g/mol. The molecule has 0 unspecified atom stereocenters. The molecule has 4 nitrogen and oxygen atoms in total. The molecule has 1 aromatic carbocycles. The highest BCUT2D eigenvalue weighted by Gasteiger charge is 2.11. The van der Waals surface area contributed by atoms with Gasteiger partial charge in [-0.2, -0.15) is 0 Å². The van der Waals surface area contributed by atoms with Gasteiger partial charge in [-0.15, -0.1) is 0 Å². The van der Waals surface area contributed by atoms with Gasteiger partial charge in [0.1, 0.15) is 0 Å². The minimum absolute atomic E-state index is 0.319. The fourth-order valence-corrected chi connectivity index (χ4v) is 5.73. The Morgan fingerprint density at radius 2 is 0.636 bits per heavy atom. The van der Waals surface area contributed by atoms with E-state index >= 15 is 0 Å². The van der Waals surface area contributed by atoms with Gasteiger partial charge in [0.2, 0.25) is 0 Å². The van der Waals surface area contributed by atoms with E-state index in [1.807, 2.05) is 0 Å². The van der Waals surface area contributed by atoms with E-state index in [9.17, 15) is 9.59 Å². The largest absolute Gasteiger partial charge is 0.462 e. The summed E-state index contributed by atoms with van der Waals surface area (Å²) in [5.74, 6) is 1.05. The van der Waals surface area contributed by atoms with Crippen LogP contribution in [0.3, 0.4) is 0 Å². The number of unbranched alkanes of at least 4 members (excludes halogenated alkanes) is 20. The van der Waals surface area contributed by atoms with Crippen molar-refractivity contribution in [2.75, 3.05) is 13.2 Å². The second kappa shape index (κ2) is 28.6. The van der Waals surface area contributed by atoms with Crippen molar-refractivity contribution in [3.63, 3.8) is 0 Å². The van der Waals surface area contributed by atoms with Gasteiger partial charge in [-0.1, -0.05) is 169 Å². The quantitative estimate of drug-likeness (QED) is 0.0639. The molecule has 0 aliphatic heterocycles. The molecule has 4 heteroatoms. The molecule has 0 bridgehead atoms. The van der Waals surface area contributed by atoms with Crippen LogP contribution in [0.15, 0.2) is 24.3 Å². The maximum atomic E-state index is 12.4. The molecule has 0 heterocycles. The second-order valence-electron chi connectivity index (χ2n) is 14.0. The highest BCUT2D eigenvalue weighted by Crippen LogP contribution is 2.16. The number of hydrogen-bond donors (Lipinski definition) is 0. The van der Waals surface area contributed by atoms with E-state index in [0.717, 1.165) is 37.5 Å². The molecule has 0 spiro atoms. The summed E-state index contributed by atoms with van der Waals surface area (Å²) in [6.07, 6.45) is 30.9. The molecule has 0 saturated heterocycles. The highest BCUT2D eigenvalue weighted by atomic mass is 16.5. The van der Waals surface area contributed by atoms with Crippen LogP contribution in [-0.4, -0.2) is 25.2 Å². The standard InChI is InChI=1S/C40H70O4/c1-35(2)27-23-19-15-11-7-5-9-13-17-21-25-33-43-39(41)37-29-31-38(32-30-37)40(42)44-34-26-22-18-14-10-6-8-12-16-20-24-28-36(3)4/h29-32,35-36H,5-28,33-34H2,1-4H3. The summed E-state index contributed by atoms with van der Waals surface area (Å²) in [6, 6.07) is 6.65. The van der Waals surface area contributed by atoms with Crippen LogP contribution in [0.1, 0.15) is 203 Å². The number of hydrogen-bond acceptors (Lipinski definition) is 4. The van der Waals surface area contributed by atoms with Crippen LogP contribution in [-0.2, 0) is 9.47 Å². The molecular formula is C40H70O4. The Morgan fingerprint density at radius 1 is 0.409 bits per heavy atom. The first-order valence-corrected chi connectivity index (χ1v) is 18.8. The summed E-state index contributed by atoms with van der Waals surface area (Å²) in [6.45, 7) is 10.2. The van der Waals surface area contributed by atoms with Crippen molar-refractivity contribution in [1.82, 2.24) is 0 Å². The molecule has 254 valence electrons. The Balaban J connectivity index is 1.96. The van der Waals surface area contributed by atoms with Gasteiger partial charge >= 0.3 is 11.9 Å². The van der Waals surface area contributed by atoms with E-state index in [2.05, 4.69) is 27.7 Å². The smallest absolute Gasteiger partial charge is 0.338 e. The van der Waals surface area contributed by atoms with Crippen LogP contribution in [0.25, 0.3) is 0 Å². The molecule has 0 amide bonds. The fraction of sp³-hybridized carbons (Fsp3) is 0.800. The SMILES string of the molecule is CC(C)CCCCCCCCCCCCCOC(=O)c1ccc(C(=O)OCCCCCCCCCCCCCC(C)C)cc1. The van der Waals surface area contributed by atoms with Crippen molar-refractivity contribution in [2.45, 2.75) is 182 Å². The monoisotopic (exact) mass is 615 g/mol. The van der Waals surface area contributed by atoms with Crippen molar-refractivity contribution in [3.8, 4) is 0 Å². The zero-order valence-electron chi connectivity index (χ0n) is 29.5. The Bertz CT molecular complexity index is 731. The van der Waals surface area contributed by atoms with Crippen LogP contribution in [0.4, 0.5) is 0 Å². The average Bonchev–Trinajstić information content (AvgIpc) is 3.00. The molecule has 1 rings (SSSR count). The molecule has 44 heavy (non-hydrogen) atoms. The lowest BCUT2D eigenvalue weighted by Crippen LogP contribution is -2.09. The van der Waals surface area contributed by atoms with Gasteiger partial charge < -0.3 is 9.47 Å². The summed E-state index contributed by atoms with van der Waals surface area (Å²) in [4.78, 5) is 24.7. The van der Waals surface area contributed by atoms with E-state index in [1.165, 1.54) is 128 Å². The maximum Gasteiger partial charge on any atom is 0.338 e. The first-order chi connectivity index (χ1) is 21.4. The number of rotatable bonds is 30. The summed E-state index contributed by atoms with van der Waals surface area (Å²) in [5.41, 5.74) is 0.966. The van der Waals surface area contributed by atoms with Gasteiger partial charge in [0.15, 0.2) is 0 Å². The van der Waals surface area contributed by atoms with Crippen molar-refractivity contribution in [2.24, 2.45) is 11.8 Å². The Kier molecular flexibility index (Phi) is 26.1. The lowest BCUT2D eigenvalue weighted by molar-refractivity contribution is 0.0483. The van der Waals surface area contributed by atoms with Crippen molar-refractivity contribution in [1.29, 1.82) is 0 Å². The molecule has 0 fully saturated rings.